The molecule has 1 aromatic heterocycles. The lowest BCUT2D eigenvalue weighted by molar-refractivity contribution is 0.333. The molecule has 3 N–H and O–H groups in total. The average molecular weight is 272 g/mol. The molecule has 106 valence electrons. The molecule has 2 rings (SSSR count). The lowest BCUT2D eigenvalue weighted by atomic mass is 9.97. The van der Waals surface area contributed by atoms with Crippen LogP contribution in [0.1, 0.15) is 35.5 Å². The summed E-state index contributed by atoms with van der Waals surface area (Å²) < 4.78 is 5.68. The van der Waals surface area contributed by atoms with E-state index in [2.05, 4.69) is 15.6 Å². The molecule has 1 unspecified atom stereocenters. The van der Waals surface area contributed by atoms with Crippen LogP contribution in [0.25, 0.3) is 0 Å². The van der Waals surface area contributed by atoms with Crippen molar-refractivity contribution in [3.63, 3.8) is 0 Å². The highest BCUT2D eigenvalue weighted by atomic mass is 16.5. The van der Waals surface area contributed by atoms with Gasteiger partial charge in [0.25, 0.3) is 0 Å². The molecule has 1 heterocycles. The molecule has 5 nitrogen and oxygen atoms in total. The third-order valence-corrected chi connectivity index (χ3v) is 3.15. The third kappa shape index (κ3) is 2.95. The van der Waals surface area contributed by atoms with E-state index in [1.54, 1.807) is 0 Å². The van der Waals surface area contributed by atoms with Crippen molar-refractivity contribution >= 4 is 0 Å². The summed E-state index contributed by atoms with van der Waals surface area (Å²) in [6.07, 6.45) is 0. The van der Waals surface area contributed by atoms with Gasteiger partial charge in [0.15, 0.2) is 0 Å². The number of nitrogens with zero attached hydrogens (tertiary/aromatic N) is 2. The van der Waals surface area contributed by atoms with E-state index in [9.17, 15) is 0 Å². The molecule has 0 aliphatic heterocycles. The minimum atomic E-state index is -0.174. The van der Waals surface area contributed by atoms with E-state index in [1.807, 2.05) is 51.1 Å². The van der Waals surface area contributed by atoms with Crippen molar-refractivity contribution in [2.45, 2.75) is 26.8 Å². The first-order chi connectivity index (χ1) is 9.67. The van der Waals surface area contributed by atoms with Crippen LogP contribution in [0.2, 0.25) is 0 Å². The zero-order chi connectivity index (χ0) is 14.5. The number of nitrogens with two attached hydrogens (primary N) is 1. The number of hydrazine groups is 1. The van der Waals surface area contributed by atoms with Crippen molar-refractivity contribution in [3.8, 4) is 5.75 Å². The van der Waals surface area contributed by atoms with Crippen LogP contribution >= 0.6 is 0 Å². The first kappa shape index (κ1) is 14.4. The van der Waals surface area contributed by atoms with Gasteiger partial charge in [0.05, 0.1) is 24.0 Å². The quantitative estimate of drug-likeness (QED) is 0.643. The number of hydrogen-bond donors (Lipinski definition) is 2. The topological polar surface area (TPSA) is 73.1 Å². The Hall–Kier alpha value is -1.98. The molecule has 0 aliphatic rings. The van der Waals surface area contributed by atoms with E-state index in [-0.39, 0.29) is 6.04 Å². The van der Waals surface area contributed by atoms with Gasteiger partial charge < -0.3 is 4.74 Å². The molecule has 1 atom stereocenters. The number of benzene rings is 1. The Kier molecular flexibility index (Phi) is 4.65. The maximum absolute atomic E-state index is 5.77. The zero-order valence-corrected chi connectivity index (χ0v) is 12.1. The van der Waals surface area contributed by atoms with E-state index >= 15 is 0 Å². The summed E-state index contributed by atoms with van der Waals surface area (Å²) in [5, 5.41) is 8.22. The van der Waals surface area contributed by atoms with Crippen LogP contribution in [-0.2, 0) is 0 Å². The van der Waals surface area contributed by atoms with E-state index in [0.717, 1.165) is 28.3 Å². The average Bonchev–Trinajstić information content (AvgIpc) is 2.45. The van der Waals surface area contributed by atoms with E-state index in [0.29, 0.717) is 6.61 Å². The fourth-order valence-electron chi connectivity index (χ4n) is 2.22. The van der Waals surface area contributed by atoms with Gasteiger partial charge in [-0.15, -0.1) is 0 Å². The zero-order valence-electron chi connectivity index (χ0n) is 12.1. The predicted octanol–water partition coefficient (Wildman–Crippen LogP) is 2.04. The second kappa shape index (κ2) is 6.45. The van der Waals surface area contributed by atoms with Crippen molar-refractivity contribution in [3.05, 3.63) is 52.8 Å². The number of nitrogens with one attached hydrogen (secondary N) is 1. The van der Waals surface area contributed by atoms with Gasteiger partial charge in [0, 0.05) is 5.56 Å². The van der Waals surface area contributed by atoms with Gasteiger partial charge in [0.2, 0.25) is 0 Å². The van der Waals surface area contributed by atoms with Gasteiger partial charge >= 0.3 is 0 Å². The fourth-order valence-corrected chi connectivity index (χ4v) is 2.22. The third-order valence-electron chi connectivity index (χ3n) is 3.15. The van der Waals surface area contributed by atoms with Crippen LogP contribution in [-0.4, -0.2) is 16.8 Å². The van der Waals surface area contributed by atoms with Crippen LogP contribution in [0, 0.1) is 13.8 Å². The Morgan fingerprint density at radius 1 is 1.20 bits per heavy atom. The van der Waals surface area contributed by atoms with Crippen LogP contribution in [0.4, 0.5) is 0 Å². The van der Waals surface area contributed by atoms with Gasteiger partial charge in [-0.3, -0.25) is 5.84 Å². The van der Waals surface area contributed by atoms with Gasteiger partial charge in [-0.25, -0.2) is 5.43 Å². The molecule has 0 spiro atoms. The number of aryl methyl sites for hydroxylation is 2. The van der Waals surface area contributed by atoms with Crippen molar-refractivity contribution in [1.82, 2.24) is 15.6 Å². The number of rotatable bonds is 5. The van der Waals surface area contributed by atoms with E-state index in [1.165, 1.54) is 0 Å². The standard InChI is InChI=1S/C15H20N4O/c1-4-20-14-8-6-5-7-12(14)15(17-16)13-9-10(2)18-19-11(13)3/h5-9,15,17H,4,16H2,1-3H3. The Morgan fingerprint density at radius 2 is 1.95 bits per heavy atom. The first-order valence-electron chi connectivity index (χ1n) is 6.66. The summed E-state index contributed by atoms with van der Waals surface area (Å²) in [6, 6.07) is 9.69. The van der Waals surface area contributed by atoms with Crippen LogP contribution in [0.15, 0.2) is 30.3 Å². The van der Waals surface area contributed by atoms with Gasteiger partial charge in [-0.1, -0.05) is 18.2 Å². The van der Waals surface area contributed by atoms with Crippen molar-refractivity contribution in [1.29, 1.82) is 0 Å². The van der Waals surface area contributed by atoms with Crippen molar-refractivity contribution < 1.29 is 4.74 Å². The molecule has 0 bridgehead atoms. The number of para-hydroxylation sites is 1. The van der Waals surface area contributed by atoms with Gasteiger partial charge in [0.1, 0.15) is 5.75 Å². The van der Waals surface area contributed by atoms with Gasteiger partial charge in [-0.05, 0) is 38.5 Å². The Bertz CT molecular complexity index is 586. The van der Waals surface area contributed by atoms with Crippen molar-refractivity contribution in [2.24, 2.45) is 5.84 Å². The monoisotopic (exact) mass is 272 g/mol. The normalized spacial score (nSPS) is 12.2. The minimum Gasteiger partial charge on any atom is -0.494 e. The molecule has 0 saturated heterocycles. The summed E-state index contributed by atoms with van der Waals surface area (Å²) in [5.74, 6) is 6.59. The summed E-state index contributed by atoms with van der Waals surface area (Å²) in [6.45, 7) is 6.42. The molecule has 0 fully saturated rings. The highest BCUT2D eigenvalue weighted by molar-refractivity contribution is 5.42. The molecule has 1 aromatic carbocycles. The summed E-state index contributed by atoms with van der Waals surface area (Å²) in [7, 11) is 0. The SMILES string of the molecule is CCOc1ccccc1C(NN)c1cc(C)nnc1C. The number of hydrogen-bond acceptors (Lipinski definition) is 5. The molecule has 2 aromatic rings. The van der Waals surface area contributed by atoms with Gasteiger partial charge in [-0.2, -0.15) is 10.2 Å². The second-order valence-electron chi connectivity index (χ2n) is 4.60. The molecule has 0 amide bonds. The molecule has 5 heteroatoms. The first-order valence-corrected chi connectivity index (χ1v) is 6.66. The largest absolute Gasteiger partial charge is 0.494 e. The molecule has 20 heavy (non-hydrogen) atoms. The Labute approximate surface area is 119 Å². The highest BCUT2D eigenvalue weighted by Gasteiger charge is 2.19. The number of ether oxygens (including phenoxy) is 1. The molecule has 0 saturated carbocycles. The maximum atomic E-state index is 5.77. The molecular weight excluding hydrogens is 252 g/mol. The highest BCUT2D eigenvalue weighted by Crippen LogP contribution is 2.30. The Balaban J connectivity index is 2.49. The van der Waals surface area contributed by atoms with Crippen LogP contribution in [0.5, 0.6) is 5.75 Å². The van der Waals surface area contributed by atoms with E-state index in [4.69, 9.17) is 10.6 Å². The smallest absolute Gasteiger partial charge is 0.124 e. The Morgan fingerprint density at radius 3 is 2.65 bits per heavy atom. The minimum absolute atomic E-state index is 0.174. The number of aromatic nitrogens is 2. The fraction of sp³-hybridized carbons (Fsp3) is 0.333. The lowest BCUT2D eigenvalue weighted by Crippen LogP contribution is -2.30. The summed E-state index contributed by atoms with van der Waals surface area (Å²) in [5.41, 5.74) is 6.57. The van der Waals surface area contributed by atoms with Crippen molar-refractivity contribution in [2.75, 3.05) is 6.61 Å². The van der Waals surface area contributed by atoms with Crippen LogP contribution in [0.3, 0.4) is 0 Å². The van der Waals surface area contributed by atoms with Crippen LogP contribution < -0.4 is 16.0 Å². The molecular formula is C15H20N4O. The predicted molar refractivity (Wildman–Crippen MR) is 78.3 cm³/mol. The lowest BCUT2D eigenvalue weighted by Gasteiger charge is -2.21. The summed E-state index contributed by atoms with van der Waals surface area (Å²) in [4.78, 5) is 0. The summed E-state index contributed by atoms with van der Waals surface area (Å²) >= 11 is 0. The van der Waals surface area contributed by atoms with E-state index < -0.39 is 0 Å². The maximum Gasteiger partial charge on any atom is 0.124 e. The molecule has 0 aliphatic carbocycles. The second-order valence-corrected chi connectivity index (χ2v) is 4.60. The molecule has 0 radical (unpaired) electrons.